The smallest absolute Gasteiger partial charge is 0.179 e. The summed E-state index contributed by atoms with van der Waals surface area (Å²) in [5.74, 6) is 1.24. The van der Waals surface area contributed by atoms with Crippen LogP contribution in [-0.2, 0) is 0 Å². The fraction of sp³-hybridized carbons (Fsp3) is 0.583. The van der Waals surface area contributed by atoms with Crippen LogP contribution in [0.2, 0.25) is 5.15 Å². The van der Waals surface area contributed by atoms with Crippen LogP contribution >= 0.6 is 11.6 Å². The number of nitrogens with zero attached hydrogens (tertiary/aromatic N) is 4. The van der Waals surface area contributed by atoms with Crippen molar-refractivity contribution >= 4 is 23.8 Å². The molecule has 1 heterocycles. The van der Waals surface area contributed by atoms with Gasteiger partial charge in [-0.2, -0.15) is 0 Å². The van der Waals surface area contributed by atoms with Gasteiger partial charge in [0.2, 0.25) is 0 Å². The first-order chi connectivity index (χ1) is 8.16. The maximum atomic E-state index is 5.92. The molecule has 0 N–H and O–H groups in total. The van der Waals surface area contributed by atoms with Crippen molar-refractivity contribution in [2.24, 2.45) is 4.99 Å². The van der Waals surface area contributed by atoms with E-state index in [1.165, 1.54) is 25.7 Å². The van der Waals surface area contributed by atoms with Crippen molar-refractivity contribution < 1.29 is 0 Å². The molecule has 0 radical (unpaired) electrons. The summed E-state index contributed by atoms with van der Waals surface area (Å²) < 4.78 is 0. The van der Waals surface area contributed by atoms with Crippen molar-refractivity contribution in [3.8, 4) is 0 Å². The Morgan fingerprint density at radius 1 is 1.35 bits per heavy atom. The third kappa shape index (κ3) is 3.16. The van der Waals surface area contributed by atoms with Crippen LogP contribution in [0.15, 0.2) is 11.1 Å². The summed E-state index contributed by atoms with van der Waals surface area (Å²) >= 11 is 5.92. The molecule has 0 amide bonds. The molecule has 0 atom stereocenters. The van der Waals surface area contributed by atoms with Gasteiger partial charge >= 0.3 is 0 Å². The zero-order valence-electron chi connectivity index (χ0n) is 10.2. The molecule has 4 nitrogen and oxygen atoms in total. The monoisotopic (exact) mass is 252 g/mol. The summed E-state index contributed by atoms with van der Waals surface area (Å²) in [6.45, 7) is 0. The molecule has 1 saturated carbocycles. The van der Waals surface area contributed by atoms with Crippen LogP contribution in [0.4, 0.5) is 5.82 Å². The maximum Gasteiger partial charge on any atom is 0.179 e. The van der Waals surface area contributed by atoms with E-state index >= 15 is 0 Å². The topological polar surface area (TPSA) is 41.4 Å². The van der Waals surface area contributed by atoms with E-state index in [9.17, 15) is 0 Å². The lowest BCUT2D eigenvalue weighted by Crippen LogP contribution is -2.08. The lowest BCUT2D eigenvalue weighted by Gasteiger charge is -2.11. The third-order valence-corrected chi connectivity index (χ3v) is 3.16. The minimum atomic E-state index is 0.454. The molecule has 92 valence electrons. The molecule has 1 aromatic rings. The number of aliphatic imine (C=N–C) groups is 1. The van der Waals surface area contributed by atoms with E-state index in [0.29, 0.717) is 16.9 Å². The molecule has 1 aliphatic rings. The molecule has 1 fully saturated rings. The van der Waals surface area contributed by atoms with Gasteiger partial charge in [0.1, 0.15) is 0 Å². The van der Waals surface area contributed by atoms with Crippen molar-refractivity contribution in [3.63, 3.8) is 0 Å². The van der Waals surface area contributed by atoms with E-state index in [4.69, 9.17) is 11.6 Å². The lowest BCUT2D eigenvalue weighted by atomic mass is 9.99. The van der Waals surface area contributed by atoms with Gasteiger partial charge in [-0.05, 0) is 24.8 Å². The van der Waals surface area contributed by atoms with Crippen LogP contribution in [0.3, 0.4) is 0 Å². The average molecular weight is 253 g/mol. The van der Waals surface area contributed by atoms with Gasteiger partial charge in [0, 0.05) is 19.7 Å². The summed E-state index contributed by atoms with van der Waals surface area (Å²) in [4.78, 5) is 6.24. The number of hydrogen-bond donors (Lipinski definition) is 0. The second kappa shape index (κ2) is 5.45. The van der Waals surface area contributed by atoms with Gasteiger partial charge in [-0.25, -0.2) is 4.99 Å². The Morgan fingerprint density at radius 3 is 2.71 bits per heavy atom. The highest BCUT2D eigenvalue weighted by Crippen LogP contribution is 2.38. The molecule has 0 bridgehead atoms. The molecule has 1 aromatic heterocycles. The van der Waals surface area contributed by atoms with Crippen molar-refractivity contribution in [2.45, 2.75) is 31.6 Å². The second-order valence-corrected chi connectivity index (χ2v) is 5.02. The van der Waals surface area contributed by atoms with Crippen LogP contribution in [0, 0.1) is 0 Å². The first kappa shape index (κ1) is 12.3. The van der Waals surface area contributed by atoms with Gasteiger partial charge < -0.3 is 4.90 Å². The van der Waals surface area contributed by atoms with Gasteiger partial charge in [-0.1, -0.05) is 24.4 Å². The van der Waals surface area contributed by atoms with E-state index in [0.717, 1.165) is 5.56 Å². The second-order valence-electron chi connectivity index (χ2n) is 4.64. The van der Waals surface area contributed by atoms with Crippen molar-refractivity contribution in [1.29, 1.82) is 0 Å². The Hall–Kier alpha value is -1.16. The lowest BCUT2D eigenvalue weighted by molar-refractivity contribution is 0.641. The fourth-order valence-corrected chi connectivity index (χ4v) is 2.34. The van der Waals surface area contributed by atoms with E-state index in [1.54, 1.807) is 6.34 Å². The molecule has 1 aliphatic carbocycles. The fourth-order valence-electron chi connectivity index (χ4n) is 2.18. The Labute approximate surface area is 107 Å². The summed E-state index contributed by atoms with van der Waals surface area (Å²) in [6.07, 6.45) is 6.71. The number of aromatic nitrogens is 2. The number of halogens is 1. The predicted octanol–water partition coefficient (Wildman–Crippen LogP) is 3.01. The summed E-state index contributed by atoms with van der Waals surface area (Å²) in [5.41, 5.74) is 1.14. The van der Waals surface area contributed by atoms with Gasteiger partial charge in [0.05, 0.1) is 6.34 Å². The molecule has 0 unspecified atom stereocenters. The molecular weight excluding hydrogens is 236 g/mol. The summed E-state index contributed by atoms with van der Waals surface area (Å²) in [6, 6.07) is 1.91. The zero-order chi connectivity index (χ0) is 12.3. The molecule has 0 aromatic carbocycles. The maximum absolute atomic E-state index is 5.92. The van der Waals surface area contributed by atoms with E-state index in [2.05, 4.69) is 15.2 Å². The minimum absolute atomic E-state index is 0.454. The quantitative estimate of drug-likeness (QED) is 0.613. The van der Waals surface area contributed by atoms with Crippen LogP contribution in [-0.4, -0.2) is 35.5 Å². The Kier molecular flexibility index (Phi) is 3.94. The van der Waals surface area contributed by atoms with Gasteiger partial charge in [0.15, 0.2) is 11.0 Å². The Balaban J connectivity index is 2.30. The van der Waals surface area contributed by atoms with E-state index < -0.39 is 0 Å². The van der Waals surface area contributed by atoms with Crippen LogP contribution in [0.1, 0.15) is 37.2 Å². The van der Waals surface area contributed by atoms with Crippen molar-refractivity contribution in [3.05, 3.63) is 16.8 Å². The molecule has 17 heavy (non-hydrogen) atoms. The highest BCUT2D eigenvalue weighted by molar-refractivity contribution is 6.29. The normalized spacial score (nSPS) is 16.9. The Bertz CT molecular complexity index is 411. The van der Waals surface area contributed by atoms with Crippen LogP contribution < -0.4 is 0 Å². The number of hydrogen-bond acceptors (Lipinski definition) is 3. The van der Waals surface area contributed by atoms with Crippen molar-refractivity contribution in [2.75, 3.05) is 14.1 Å². The average Bonchev–Trinajstić information content (AvgIpc) is 2.80. The van der Waals surface area contributed by atoms with E-state index in [-0.39, 0.29) is 0 Å². The summed E-state index contributed by atoms with van der Waals surface area (Å²) in [7, 11) is 3.87. The predicted molar refractivity (Wildman–Crippen MR) is 70.1 cm³/mol. The summed E-state index contributed by atoms with van der Waals surface area (Å²) in [5, 5.41) is 8.41. The van der Waals surface area contributed by atoms with Gasteiger partial charge in [-0.3, -0.25) is 0 Å². The molecule has 0 spiro atoms. The number of rotatable bonds is 3. The van der Waals surface area contributed by atoms with Crippen LogP contribution in [0.25, 0.3) is 0 Å². The van der Waals surface area contributed by atoms with Crippen LogP contribution in [0.5, 0.6) is 0 Å². The van der Waals surface area contributed by atoms with Gasteiger partial charge in [0.25, 0.3) is 0 Å². The first-order valence-corrected chi connectivity index (χ1v) is 6.28. The largest absolute Gasteiger partial charge is 0.369 e. The van der Waals surface area contributed by atoms with E-state index in [1.807, 2.05) is 25.1 Å². The third-order valence-electron chi connectivity index (χ3n) is 2.98. The molecular formula is C12H17ClN4. The standard InChI is InChI=1S/C12H17ClN4/c1-17(2)8-14-12-10(7-11(13)15-16-12)9-5-3-4-6-9/h7-9H,3-6H2,1-2H3/b14-8-. The molecule has 0 aliphatic heterocycles. The zero-order valence-corrected chi connectivity index (χ0v) is 11.0. The van der Waals surface area contributed by atoms with Crippen molar-refractivity contribution in [1.82, 2.24) is 15.1 Å². The first-order valence-electron chi connectivity index (χ1n) is 5.90. The highest BCUT2D eigenvalue weighted by Gasteiger charge is 2.21. The van der Waals surface area contributed by atoms with Gasteiger partial charge in [-0.15, -0.1) is 10.2 Å². The Morgan fingerprint density at radius 2 is 2.06 bits per heavy atom. The molecule has 5 heteroatoms. The molecule has 2 rings (SSSR count). The minimum Gasteiger partial charge on any atom is -0.369 e. The SMILES string of the molecule is CN(C)/C=N\c1nnc(Cl)cc1C1CCCC1. The molecule has 0 saturated heterocycles. The highest BCUT2D eigenvalue weighted by atomic mass is 35.5.